The number of aliphatic carboxylic acids is 1. The second-order valence-electron chi connectivity index (χ2n) is 5.48. The predicted molar refractivity (Wildman–Crippen MR) is 73.2 cm³/mol. The van der Waals surface area contributed by atoms with Crippen LogP contribution in [0.4, 0.5) is 0 Å². The molecule has 4 nitrogen and oxygen atoms in total. The summed E-state index contributed by atoms with van der Waals surface area (Å²) in [5.74, 6) is -0.122. The second kappa shape index (κ2) is 4.68. The van der Waals surface area contributed by atoms with Gasteiger partial charge in [0.05, 0.1) is 17.0 Å². The Hall–Kier alpha value is -1.84. The van der Waals surface area contributed by atoms with Crippen LogP contribution in [0.1, 0.15) is 43.0 Å². The van der Waals surface area contributed by atoms with Crippen LogP contribution in [0, 0.1) is 12.8 Å². The van der Waals surface area contributed by atoms with Crippen molar-refractivity contribution in [1.82, 2.24) is 9.97 Å². The number of aromatic amines is 1. The Morgan fingerprint density at radius 3 is 2.95 bits per heavy atom. The molecule has 100 valence electrons. The number of fused-ring (bicyclic) bond motifs is 1. The van der Waals surface area contributed by atoms with E-state index in [0.29, 0.717) is 0 Å². The zero-order valence-electron chi connectivity index (χ0n) is 11.0. The summed E-state index contributed by atoms with van der Waals surface area (Å²) < 4.78 is 0. The summed E-state index contributed by atoms with van der Waals surface area (Å²) in [6, 6.07) is 6.08. The normalized spacial score (nSPS) is 23.6. The number of carboxylic acids is 1. The van der Waals surface area contributed by atoms with Crippen LogP contribution in [-0.2, 0) is 4.79 Å². The molecule has 2 unspecified atom stereocenters. The highest BCUT2D eigenvalue weighted by Crippen LogP contribution is 2.37. The van der Waals surface area contributed by atoms with E-state index in [4.69, 9.17) is 0 Å². The molecule has 1 aliphatic rings. The minimum atomic E-state index is -0.693. The van der Waals surface area contributed by atoms with Crippen molar-refractivity contribution in [1.29, 1.82) is 0 Å². The molecule has 0 amide bonds. The van der Waals surface area contributed by atoms with Crippen molar-refractivity contribution < 1.29 is 9.90 Å². The summed E-state index contributed by atoms with van der Waals surface area (Å²) in [5.41, 5.74) is 3.11. The minimum Gasteiger partial charge on any atom is -0.481 e. The maximum Gasteiger partial charge on any atom is 0.307 e. The highest BCUT2D eigenvalue weighted by atomic mass is 16.4. The molecule has 3 rings (SSSR count). The van der Waals surface area contributed by atoms with Crippen LogP contribution in [0.3, 0.4) is 0 Å². The fraction of sp³-hybridized carbons (Fsp3) is 0.467. The lowest BCUT2D eigenvalue weighted by Gasteiger charge is -2.26. The number of hydrogen-bond acceptors (Lipinski definition) is 2. The number of H-pyrrole nitrogens is 1. The van der Waals surface area contributed by atoms with Gasteiger partial charge in [0.1, 0.15) is 5.82 Å². The van der Waals surface area contributed by atoms with E-state index in [0.717, 1.165) is 42.5 Å². The van der Waals surface area contributed by atoms with Gasteiger partial charge in [-0.3, -0.25) is 4.79 Å². The van der Waals surface area contributed by atoms with E-state index < -0.39 is 5.97 Å². The van der Waals surface area contributed by atoms with Crippen LogP contribution < -0.4 is 0 Å². The molecule has 2 atom stereocenters. The molecule has 1 aliphatic carbocycles. The number of nitrogens with one attached hydrogen (secondary N) is 1. The van der Waals surface area contributed by atoms with Crippen molar-refractivity contribution in [3.63, 3.8) is 0 Å². The van der Waals surface area contributed by atoms with E-state index in [2.05, 4.69) is 16.0 Å². The van der Waals surface area contributed by atoms with Crippen molar-refractivity contribution in [2.45, 2.75) is 38.5 Å². The van der Waals surface area contributed by atoms with E-state index in [1.54, 1.807) is 0 Å². The third-order valence-electron chi connectivity index (χ3n) is 4.09. The molecule has 2 aromatic rings. The van der Waals surface area contributed by atoms with Gasteiger partial charge in [0.15, 0.2) is 0 Å². The number of aromatic nitrogens is 2. The summed E-state index contributed by atoms with van der Waals surface area (Å²) in [5, 5.41) is 9.35. The highest BCUT2D eigenvalue weighted by Gasteiger charge is 2.33. The van der Waals surface area contributed by atoms with Crippen LogP contribution in [0.15, 0.2) is 18.2 Å². The lowest BCUT2D eigenvalue weighted by atomic mass is 9.79. The first kappa shape index (κ1) is 12.2. The molecule has 1 fully saturated rings. The van der Waals surface area contributed by atoms with Gasteiger partial charge in [-0.25, -0.2) is 4.98 Å². The first-order chi connectivity index (χ1) is 9.15. The van der Waals surface area contributed by atoms with Crippen LogP contribution in [0.2, 0.25) is 0 Å². The number of imidazole rings is 1. The molecule has 0 radical (unpaired) electrons. The number of rotatable bonds is 2. The Bertz CT molecular complexity index is 618. The number of benzene rings is 1. The summed E-state index contributed by atoms with van der Waals surface area (Å²) in [6.07, 6.45) is 3.77. The average molecular weight is 258 g/mol. The number of carbonyl (C=O) groups is 1. The van der Waals surface area contributed by atoms with Gasteiger partial charge in [0, 0.05) is 5.92 Å². The maximum absolute atomic E-state index is 11.4. The molecule has 0 bridgehead atoms. The molecule has 19 heavy (non-hydrogen) atoms. The van der Waals surface area contributed by atoms with Crippen LogP contribution >= 0.6 is 0 Å². The van der Waals surface area contributed by atoms with Gasteiger partial charge in [-0.2, -0.15) is 0 Å². The van der Waals surface area contributed by atoms with Crippen molar-refractivity contribution >= 4 is 17.0 Å². The fourth-order valence-electron chi connectivity index (χ4n) is 3.07. The van der Waals surface area contributed by atoms with E-state index in [1.807, 2.05) is 19.1 Å². The third-order valence-corrected chi connectivity index (χ3v) is 4.09. The number of aryl methyl sites for hydroxylation is 1. The Morgan fingerprint density at radius 1 is 1.37 bits per heavy atom. The van der Waals surface area contributed by atoms with Gasteiger partial charge in [-0.05, 0) is 37.5 Å². The molecule has 1 saturated carbocycles. The fourth-order valence-corrected chi connectivity index (χ4v) is 3.07. The summed E-state index contributed by atoms with van der Waals surface area (Å²) in [4.78, 5) is 19.3. The topological polar surface area (TPSA) is 66.0 Å². The van der Waals surface area contributed by atoms with Crippen LogP contribution in [0.25, 0.3) is 11.0 Å². The Labute approximate surface area is 111 Å². The molecule has 1 aromatic carbocycles. The van der Waals surface area contributed by atoms with Gasteiger partial charge in [0.25, 0.3) is 0 Å². The zero-order chi connectivity index (χ0) is 13.4. The largest absolute Gasteiger partial charge is 0.481 e. The van der Waals surface area contributed by atoms with Gasteiger partial charge < -0.3 is 10.1 Å². The van der Waals surface area contributed by atoms with Crippen LogP contribution in [0.5, 0.6) is 0 Å². The average Bonchev–Trinajstić information content (AvgIpc) is 2.81. The monoisotopic (exact) mass is 258 g/mol. The van der Waals surface area contributed by atoms with Crippen molar-refractivity contribution in [2.75, 3.05) is 0 Å². The predicted octanol–water partition coefficient (Wildman–Crippen LogP) is 3.23. The van der Waals surface area contributed by atoms with E-state index in [9.17, 15) is 9.90 Å². The highest BCUT2D eigenvalue weighted by molar-refractivity contribution is 5.76. The van der Waals surface area contributed by atoms with E-state index in [1.165, 1.54) is 5.56 Å². The minimum absolute atomic E-state index is 0.0268. The van der Waals surface area contributed by atoms with Crippen molar-refractivity contribution in [2.24, 2.45) is 5.92 Å². The van der Waals surface area contributed by atoms with Crippen LogP contribution in [-0.4, -0.2) is 21.0 Å². The number of hydrogen-bond donors (Lipinski definition) is 2. The molecule has 2 N–H and O–H groups in total. The van der Waals surface area contributed by atoms with Crippen molar-refractivity contribution in [3.05, 3.63) is 29.6 Å². The molecule has 0 saturated heterocycles. The smallest absolute Gasteiger partial charge is 0.307 e. The first-order valence-corrected chi connectivity index (χ1v) is 6.84. The molecule has 1 aromatic heterocycles. The lowest BCUT2D eigenvalue weighted by Crippen LogP contribution is -2.26. The standard InChI is InChI=1S/C15H18N2O2/c1-9-6-7-12-13(8-9)17-14(16-12)10-4-2-3-5-11(10)15(18)19/h6-8,10-11H,2-5H2,1H3,(H,16,17)(H,18,19). The summed E-state index contributed by atoms with van der Waals surface area (Å²) >= 11 is 0. The summed E-state index contributed by atoms with van der Waals surface area (Å²) in [7, 11) is 0. The molecule has 0 aliphatic heterocycles. The molecular formula is C15H18N2O2. The van der Waals surface area contributed by atoms with Gasteiger partial charge in [0.2, 0.25) is 0 Å². The first-order valence-electron chi connectivity index (χ1n) is 6.84. The van der Waals surface area contributed by atoms with E-state index in [-0.39, 0.29) is 11.8 Å². The number of carboxylic acid groups (broad SMARTS) is 1. The zero-order valence-corrected chi connectivity index (χ0v) is 11.0. The van der Waals surface area contributed by atoms with Gasteiger partial charge >= 0.3 is 5.97 Å². The lowest BCUT2D eigenvalue weighted by molar-refractivity contribution is -0.143. The SMILES string of the molecule is Cc1ccc2nc(C3CCCCC3C(=O)O)[nH]c2c1. The molecule has 0 spiro atoms. The molecular weight excluding hydrogens is 240 g/mol. The number of nitrogens with zero attached hydrogens (tertiary/aromatic N) is 1. The van der Waals surface area contributed by atoms with E-state index >= 15 is 0 Å². The van der Waals surface area contributed by atoms with Gasteiger partial charge in [-0.1, -0.05) is 18.9 Å². The quantitative estimate of drug-likeness (QED) is 0.869. The maximum atomic E-state index is 11.4. The second-order valence-corrected chi connectivity index (χ2v) is 5.48. The Kier molecular flexibility index (Phi) is 3.01. The Morgan fingerprint density at radius 2 is 2.16 bits per heavy atom. The molecule has 4 heteroatoms. The summed E-state index contributed by atoms with van der Waals surface area (Å²) in [6.45, 7) is 2.04. The van der Waals surface area contributed by atoms with Crippen molar-refractivity contribution in [3.8, 4) is 0 Å². The molecule has 1 heterocycles. The Balaban J connectivity index is 1.99. The van der Waals surface area contributed by atoms with Gasteiger partial charge in [-0.15, -0.1) is 0 Å². The third kappa shape index (κ3) is 2.23.